The van der Waals surface area contributed by atoms with E-state index < -0.39 is 10.8 Å². The maximum Gasteiger partial charge on any atom is 0.312 e. The van der Waals surface area contributed by atoms with Gasteiger partial charge in [-0.1, -0.05) is 65.3 Å². The summed E-state index contributed by atoms with van der Waals surface area (Å²) in [6.07, 6.45) is 6.03. The van der Waals surface area contributed by atoms with E-state index in [0.717, 1.165) is 41.8 Å². The third kappa shape index (κ3) is 5.07. The van der Waals surface area contributed by atoms with E-state index in [9.17, 15) is 14.7 Å². The SMILES string of the molecule is COC(=O)C12CC(NC(=O)CC3(c4ccc(CCC(C)(C)C)c(Cl)c4)CCC(C)(C)C(C)C3CO)(C1)C2. The lowest BCUT2D eigenvalue weighted by Crippen LogP contribution is -2.77. The molecule has 2 N–H and O–H groups in total. The van der Waals surface area contributed by atoms with E-state index in [1.165, 1.54) is 7.11 Å². The molecule has 6 heteroatoms. The molecule has 5 rings (SSSR count). The lowest BCUT2D eigenvalue weighted by molar-refractivity contribution is -0.203. The molecule has 3 unspecified atom stereocenters. The molecule has 0 heterocycles. The number of hydrogen-bond acceptors (Lipinski definition) is 4. The van der Waals surface area contributed by atoms with Crippen molar-refractivity contribution in [3.63, 3.8) is 0 Å². The number of amides is 1. The van der Waals surface area contributed by atoms with Gasteiger partial charge in [0.2, 0.25) is 5.91 Å². The summed E-state index contributed by atoms with van der Waals surface area (Å²) >= 11 is 6.86. The van der Waals surface area contributed by atoms with Crippen LogP contribution in [0, 0.1) is 28.1 Å². The van der Waals surface area contributed by atoms with E-state index in [0.29, 0.717) is 25.7 Å². The molecule has 4 fully saturated rings. The predicted molar refractivity (Wildman–Crippen MR) is 147 cm³/mol. The maximum atomic E-state index is 13.6. The van der Waals surface area contributed by atoms with Crippen LogP contribution in [0.5, 0.6) is 0 Å². The first kappa shape index (κ1) is 28.4. The molecular weight excluding hydrogens is 486 g/mol. The standard InChI is InChI=1S/C31H46ClNO4/c1-20-23(16-34)31(13-12-28(20,5)6,22-9-8-21(24(32)14-22)10-11-27(2,3)4)15-25(35)33-30-17-29(18-30,19-30)26(36)37-7/h8-9,14,20,23,34H,10-13,15-19H2,1-7H3,(H,33,35). The van der Waals surface area contributed by atoms with Crippen LogP contribution in [0.4, 0.5) is 0 Å². The number of nitrogens with one attached hydrogen (secondary N) is 1. The number of carbonyl (C=O) groups is 2. The van der Waals surface area contributed by atoms with Crippen LogP contribution >= 0.6 is 11.6 Å². The zero-order valence-electron chi connectivity index (χ0n) is 23.8. The lowest BCUT2D eigenvalue weighted by Gasteiger charge is -2.68. The van der Waals surface area contributed by atoms with Crippen molar-refractivity contribution in [1.29, 1.82) is 0 Å². The number of ether oxygens (including phenoxy) is 1. The van der Waals surface area contributed by atoms with Gasteiger partial charge in [0.25, 0.3) is 0 Å². The highest BCUT2D eigenvalue weighted by molar-refractivity contribution is 6.31. The van der Waals surface area contributed by atoms with Gasteiger partial charge in [0.1, 0.15) is 0 Å². The monoisotopic (exact) mass is 531 g/mol. The minimum absolute atomic E-state index is 0.00328. The van der Waals surface area contributed by atoms with Crippen LogP contribution in [-0.4, -0.2) is 36.2 Å². The second-order valence-corrected chi connectivity index (χ2v) is 14.8. The fraction of sp³-hybridized carbons (Fsp3) is 0.742. The summed E-state index contributed by atoms with van der Waals surface area (Å²) in [5.74, 6) is 0.00490. The Morgan fingerprint density at radius 3 is 2.35 bits per heavy atom. The summed E-state index contributed by atoms with van der Waals surface area (Å²) in [5.41, 5.74) is 1.31. The average Bonchev–Trinajstić information content (AvgIpc) is 2.76. The molecule has 4 aliphatic rings. The van der Waals surface area contributed by atoms with Crippen molar-refractivity contribution in [3.8, 4) is 0 Å². The van der Waals surface area contributed by atoms with E-state index >= 15 is 0 Å². The summed E-state index contributed by atoms with van der Waals surface area (Å²) in [5, 5.41) is 14.7. The second-order valence-electron chi connectivity index (χ2n) is 14.4. The molecule has 1 aromatic rings. The Morgan fingerprint density at radius 1 is 1.16 bits per heavy atom. The largest absolute Gasteiger partial charge is 0.469 e. The van der Waals surface area contributed by atoms with Gasteiger partial charge in [-0.25, -0.2) is 0 Å². The molecule has 5 nitrogen and oxygen atoms in total. The number of rotatable bonds is 8. The lowest BCUT2D eigenvalue weighted by atomic mass is 9.39. The summed E-state index contributed by atoms with van der Waals surface area (Å²) in [7, 11) is 1.43. The van der Waals surface area contributed by atoms with Crippen molar-refractivity contribution in [2.45, 2.75) is 104 Å². The van der Waals surface area contributed by atoms with E-state index in [1.54, 1.807) is 0 Å². The van der Waals surface area contributed by atoms with Gasteiger partial charge in [0, 0.05) is 29.0 Å². The molecule has 4 aliphatic carbocycles. The van der Waals surface area contributed by atoms with Crippen molar-refractivity contribution in [3.05, 3.63) is 34.3 Å². The molecular formula is C31H46ClNO4. The second kappa shape index (κ2) is 9.55. The normalized spacial score (nSPS) is 34.2. The summed E-state index contributed by atoms with van der Waals surface area (Å²) in [6, 6.07) is 6.34. The Balaban J connectivity index is 1.60. The number of halogens is 1. The van der Waals surface area contributed by atoms with Crippen molar-refractivity contribution in [1.82, 2.24) is 5.32 Å². The van der Waals surface area contributed by atoms with Crippen molar-refractivity contribution >= 4 is 23.5 Å². The van der Waals surface area contributed by atoms with Crippen LogP contribution in [0.15, 0.2) is 18.2 Å². The summed E-state index contributed by atoms with van der Waals surface area (Å²) in [4.78, 5) is 25.7. The fourth-order valence-electron chi connectivity index (χ4n) is 7.54. The molecule has 3 atom stereocenters. The van der Waals surface area contributed by atoms with Gasteiger partial charge in [-0.2, -0.15) is 0 Å². The van der Waals surface area contributed by atoms with Crippen molar-refractivity contribution in [2.24, 2.45) is 28.1 Å². The van der Waals surface area contributed by atoms with Crippen LogP contribution in [0.3, 0.4) is 0 Å². The van der Waals surface area contributed by atoms with E-state index in [2.05, 4.69) is 65.1 Å². The molecule has 0 aromatic heterocycles. The highest BCUT2D eigenvalue weighted by atomic mass is 35.5. The smallest absolute Gasteiger partial charge is 0.312 e. The van der Waals surface area contributed by atoms with E-state index in [4.69, 9.17) is 16.3 Å². The fourth-order valence-corrected chi connectivity index (χ4v) is 7.82. The number of aryl methyl sites for hydroxylation is 1. The molecule has 0 aliphatic heterocycles. The first-order valence-corrected chi connectivity index (χ1v) is 14.3. The Labute approximate surface area is 228 Å². The number of hydrogen-bond donors (Lipinski definition) is 2. The quantitative estimate of drug-likeness (QED) is 0.390. The number of aliphatic hydroxyl groups is 1. The molecule has 206 valence electrons. The number of aliphatic hydroxyl groups excluding tert-OH is 1. The van der Waals surface area contributed by atoms with Crippen molar-refractivity contribution < 1.29 is 19.4 Å². The van der Waals surface area contributed by atoms with Gasteiger partial charge in [-0.3, -0.25) is 9.59 Å². The predicted octanol–water partition coefficient (Wildman–Crippen LogP) is 6.22. The van der Waals surface area contributed by atoms with E-state index in [1.807, 2.05) is 0 Å². The Bertz CT molecular complexity index is 1040. The van der Waals surface area contributed by atoms with Gasteiger partial charge in [0.15, 0.2) is 0 Å². The minimum Gasteiger partial charge on any atom is -0.469 e. The number of benzene rings is 1. The number of carbonyl (C=O) groups excluding carboxylic acids is 2. The van der Waals surface area contributed by atoms with Gasteiger partial charge in [0.05, 0.1) is 12.5 Å². The third-order valence-corrected chi connectivity index (χ3v) is 10.6. The van der Waals surface area contributed by atoms with Crippen LogP contribution < -0.4 is 5.32 Å². The summed E-state index contributed by atoms with van der Waals surface area (Å²) in [6.45, 7) is 13.5. The molecule has 1 amide bonds. The first-order valence-electron chi connectivity index (χ1n) is 13.9. The van der Waals surface area contributed by atoms with Crippen LogP contribution in [0.25, 0.3) is 0 Å². The molecule has 4 saturated carbocycles. The third-order valence-electron chi connectivity index (χ3n) is 10.3. The van der Waals surface area contributed by atoms with Crippen LogP contribution in [0.2, 0.25) is 5.02 Å². The van der Waals surface area contributed by atoms with Crippen molar-refractivity contribution in [2.75, 3.05) is 13.7 Å². The number of methoxy groups -OCH3 is 1. The van der Waals surface area contributed by atoms with Gasteiger partial charge < -0.3 is 15.2 Å². The van der Waals surface area contributed by atoms with Crippen LogP contribution in [-0.2, 0) is 26.2 Å². The molecule has 0 saturated heterocycles. The zero-order valence-corrected chi connectivity index (χ0v) is 24.6. The summed E-state index contributed by atoms with van der Waals surface area (Å²) < 4.78 is 4.97. The molecule has 0 radical (unpaired) electrons. The Hall–Kier alpha value is -1.59. The molecule has 2 bridgehead atoms. The maximum absolute atomic E-state index is 13.6. The van der Waals surface area contributed by atoms with E-state index in [-0.39, 0.29) is 46.7 Å². The highest BCUT2D eigenvalue weighted by Gasteiger charge is 2.73. The average molecular weight is 532 g/mol. The minimum atomic E-state index is -0.496. The Morgan fingerprint density at radius 2 is 1.81 bits per heavy atom. The van der Waals surface area contributed by atoms with Gasteiger partial charge in [-0.15, -0.1) is 0 Å². The molecule has 37 heavy (non-hydrogen) atoms. The first-order chi connectivity index (χ1) is 17.1. The zero-order chi connectivity index (χ0) is 27.4. The topological polar surface area (TPSA) is 75.6 Å². The molecule has 1 aromatic carbocycles. The highest BCUT2D eigenvalue weighted by Crippen LogP contribution is 2.68. The number of esters is 1. The van der Waals surface area contributed by atoms with Crippen LogP contribution in [0.1, 0.15) is 97.6 Å². The molecule has 0 spiro atoms. The van der Waals surface area contributed by atoms with Gasteiger partial charge in [-0.05, 0) is 84.8 Å². The Kier molecular flexibility index (Phi) is 7.34. The van der Waals surface area contributed by atoms with Gasteiger partial charge >= 0.3 is 5.97 Å².